The Morgan fingerprint density at radius 1 is 1.28 bits per heavy atom. The molecule has 4 heteroatoms. The zero-order valence-corrected chi connectivity index (χ0v) is 10.6. The van der Waals surface area contributed by atoms with E-state index in [9.17, 15) is 0 Å². The third-order valence-electron chi connectivity index (χ3n) is 3.37. The summed E-state index contributed by atoms with van der Waals surface area (Å²) in [5.41, 5.74) is 3.20. The van der Waals surface area contributed by atoms with Crippen LogP contribution in [0, 0.1) is 0 Å². The molecule has 3 aromatic rings. The van der Waals surface area contributed by atoms with E-state index in [0.717, 1.165) is 23.4 Å². The number of aromatic amines is 1. The largest absolute Gasteiger partial charge is 0.322 e. The summed E-state index contributed by atoms with van der Waals surface area (Å²) in [5, 5.41) is 4.37. The van der Waals surface area contributed by atoms with E-state index in [2.05, 4.69) is 35.0 Å². The smallest absolute Gasteiger partial charge is 0.229 e. The lowest BCUT2D eigenvalue weighted by Gasteiger charge is -2.09. The van der Waals surface area contributed by atoms with Crippen molar-refractivity contribution in [2.75, 3.05) is 0 Å². The molecule has 18 heavy (non-hydrogen) atoms. The van der Waals surface area contributed by atoms with Gasteiger partial charge in [0.2, 0.25) is 5.95 Å². The molecule has 2 heterocycles. The predicted molar refractivity (Wildman–Crippen MR) is 71.9 cm³/mol. The second-order valence-electron chi connectivity index (χ2n) is 4.55. The maximum absolute atomic E-state index is 4.58. The number of hydrogen-bond acceptors (Lipinski definition) is 2. The van der Waals surface area contributed by atoms with Crippen LogP contribution >= 0.6 is 0 Å². The van der Waals surface area contributed by atoms with Gasteiger partial charge in [-0.15, -0.1) is 0 Å². The Morgan fingerprint density at radius 2 is 2.11 bits per heavy atom. The Balaban J connectivity index is 2.12. The number of fused-ring (bicyclic) bond motifs is 1. The van der Waals surface area contributed by atoms with Crippen molar-refractivity contribution < 1.29 is 0 Å². The predicted octanol–water partition coefficient (Wildman–Crippen LogP) is 3.26. The number of aromatic nitrogens is 4. The fourth-order valence-electron chi connectivity index (χ4n) is 2.11. The van der Waals surface area contributed by atoms with Crippen LogP contribution in [0.25, 0.3) is 17.0 Å². The first-order valence-electron chi connectivity index (χ1n) is 6.28. The number of benzene rings is 1. The number of imidazole rings is 1. The van der Waals surface area contributed by atoms with E-state index in [1.54, 1.807) is 0 Å². The maximum atomic E-state index is 4.58. The molecule has 1 aromatic carbocycles. The molecule has 0 spiro atoms. The number of nitrogens with zero attached hydrogens (tertiary/aromatic N) is 3. The molecule has 1 N–H and O–H groups in total. The quantitative estimate of drug-likeness (QED) is 0.763. The van der Waals surface area contributed by atoms with Gasteiger partial charge in [-0.2, -0.15) is 5.10 Å². The Morgan fingerprint density at radius 3 is 2.89 bits per heavy atom. The van der Waals surface area contributed by atoms with Crippen LogP contribution in [-0.2, 0) is 0 Å². The molecule has 0 radical (unpaired) electrons. The second kappa shape index (κ2) is 4.29. The molecule has 0 aliphatic carbocycles. The van der Waals surface area contributed by atoms with Gasteiger partial charge in [-0.25, -0.2) is 9.67 Å². The van der Waals surface area contributed by atoms with Gasteiger partial charge in [-0.1, -0.05) is 26.0 Å². The highest BCUT2D eigenvalue weighted by molar-refractivity contribution is 5.75. The molecule has 1 unspecified atom stereocenters. The summed E-state index contributed by atoms with van der Waals surface area (Å²) in [7, 11) is 0. The topological polar surface area (TPSA) is 46.5 Å². The molecule has 0 saturated heterocycles. The number of para-hydroxylation sites is 2. The number of H-pyrrole nitrogens is 1. The van der Waals surface area contributed by atoms with Gasteiger partial charge in [0.25, 0.3) is 0 Å². The Bertz CT molecular complexity index is 632. The molecule has 0 aliphatic heterocycles. The maximum Gasteiger partial charge on any atom is 0.229 e. The van der Waals surface area contributed by atoms with Crippen molar-refractivity contribution in [1.82, 2.24) is 19.7 Å². The van der Waals surface area contributed by atoms with E-state index < -0.39 is 0 Å². The van der Waals surface area contributed by atoms with Crippen LogP contribution in [0.2, 0.25) is 0 Å². The van der Waals surface area contributed by atoms with Crippen molar-refractivity contribution >= 4 is 11.0 Å². The molecule has 4 nitrogen and oxygen atoms in total. The van der Waals surface area contributed by atoms with Crippen molar-refractivity contribution in [2.24, 2.45) is 0 Å². The minimum Gasteiger partial charge on any atom is -0.322 e. The average molecular weight is 240 g/mol. The normalized spacial score (nSPS) is 13.0. The first kappa shape index (κ1) is 11.0. The lowest BCUT2D eigenvalue weighted by molar-refractivity contribution is 0.653. The Kier molecular flexibility index (Phi) is 2.63. The Labute approximate surface area is 106 Å². The fraction of sp³-hybridized carbons (Fsp3) is 0.286. The van der Waals surface area contributed by atoms with Crippen LogP contribution in [0.1, 0.15) is 31.9 Å². The number of rotatable bonds is 3. The molecule has 0 saturated carbocycles. The zero-order chi connectivity index (χ0) is 12.5. The average Bonchev–Trinajstić information content (AvgIpc) is 3.03. The molecule has 2 aromatic heterocycles. The highest BCUT2D eigenvalue weighted by Gasteiger charge is 2.13. The summed E-state index contributed by atoms with van der Waals surface area (Å²) in [6.45, 7) is 4.39. The van der Waals surface area contributed by atoms with Crippen molar-refractivity contribution in [1.29, 1.82) is 0 Å². The van der Waals surface area contributed by atoms with Gasteiger partial charge in [0, 0.05) is 6.20 Å². The third kappa shape index (κ3) is 1.70. The second-order valence-corrected chi connectivity index (χ2v) is 4.55. The summed E-state index contributed by atoms with van der Waals surface area (Å²) in [5.74, 6) is 1.26. The van der Waals surface area contributed by atoms with Crippen molar-refractivity contribution in [3.05, 3.63) is 42.2 Å². The standard InChI is InChI=1S/C14H16N4/c1-3-10(2)13-8-9-15-18(13)14-16-11-6-4-5-7-12(11)17-14/h4-10H,3H2,1-2H3,(H,16,17). The van der Waals surface area contributed by atoms with Gasteiger partial charge in [0.15, 0.2) is 0 Å². The Hall–Kier alpha value is -2.10. The third-order valence-corrected chi connectivity index (χ3v) is 3.37. The molecule has 0 fully saturated rings. The lowest BCUT2D eigenvalue weighted by atomic mass is 10.1. The molecule has 0 bridgehead atoms. The van der Waals surface area contributed by atoms with E-state index in [-0.39, 0.29) is 0 Å². The summed E-state index contributed by atoms with van der Waals surface area (Å²) >= 11 is 0. The van der Waals surface area contributed by atoms with Gasteiger partial charge in [0.1, 0.15) is 0 Å². The van der Waals surface area contributed by atoms with Crippen LogP contribution in [-0.4, -0.2) is 19.7 Å². The van der Waals surface area contributed by atoms with Crippen LogP contribution < -0.4 is 0 Å². The molecule has 92 valence electrons. The molecular weight excluding hydrogens is 224 g/mol. The van der Waals surface area contributed by atoms with Gasteiger partial charge >= 0.3 is 0 Å². The molecule has 3 rings (SSSR count). The van der Waals surface area contributed by atoms with Crippen LogP contribution in [0.3, 0.4) is 0 Å². The summed E-state index contributed by atoms with van der Waals surface area (Å²) in [4.78, 5) is 7.88. The van der Waals surface area contributed by atoms with Crippen LogP contribution in [0.4, 0.5) is 0 Å². The molecule has 0 amide bonds. The number of nitrogens with one attached hydrogen (secondary N) is 1. The minimum absolute atomic E-state index is 0.473. The summed E-state index contributed by atoms with van der Waals surface area (Å²) < 4.78 is 1.90. The highest BCUT2D eigenvalue weighted by atomic mass is 15.4. The molecule has 1 atom stereocenters. The van der Waals surface area contributed by atoms with E-state index in [4.69, 9.17) is 0 Å². The summed E-state index contributed by atoms with van der Waals surface area (Å²) in [6, 6.07) is 10.1. The van der Waals surface area contributed by atoms with Crippen LogP contribution in [0.15, 0.2) is 36.5 Å². The van der Waals surface area contributed by atoms with Gasteiger partial charge in [-0.05, 0) is 30.5 Å². The highest BCUT2D eigenvalue weighted by Crippen LogP contribution is 2.21. The first-order chi connectivity index (χ1) is 8.79. The van der Waals surface area contributed by atoms with E-state index >= 15 is 0 Å². The van der Waals surface area contributed by atoms with Crippen molar-refractivity contribution in [2.45, 2.75) is 26.2 Å². The fourth-order valence-corrected chi connectivity index (χ4v) is 2.11. The summed E-state index contributed by atoms with van der Waals surface area (Å²) in [6.07, 6.45) is 2.92. The van der Waals surface area contributed by atoms with Crippen molar-refractivity contribution in [3.63, 3.8) is 0 Å². The molecule has 0 aliphatic rings. The SMILES string of the molecule is CCC(C)c1ccnn1-c1nc2ccccc2[nH]1. The number of hydrogen-bond donors (Lipinski definition) is 1. The van der Waals surface area contributed by atoms with E-state index in [1.165, 1.54) is 5.69 Å². The van der Waals surface area contributed by atoms with Gasteiger partial charge in [0.05, 0.1) is 16.7 Å². The van der Waals surface area contributed by atoms with E-state index in [0.29, 0.717) is 5.92 Å². The van der Waals surface area contributed by atoms with E-state index in [1.807, 2.05) is 35.1 Å². The monoisotopic (exact) mass is 240 g/mol. The first-order valence-corrected chi connectivity index (χ1v) is 6.28. The minimum atomic E-state index is 0.473. The van der Waals surface area contributed by atoms with Crippen LogP contribution in [0.5, 0.6) is 0 Å². The zero-order valence-electron chi connectivity index (χ0n) is 10.6. The van der Waals surface area contributed by atoms with Gasteiger partial charge < -0.3 is 4.98 Å². The van der Waals surface area contributed by atoms with Gasteiger partial charge in [-0.3, -0.25) is 0 Å². The molecular formula is C14H16N4. The lowest BCUT2D eigenvalue weighted by Crippen LogP contribution is -2.06. The van der Waals surface area contributed by atoms with Crippen molar-refractivity contribution in [3.8, 4) is 5.95 Å².